The molecule has 2 unspecified atom stereocenters. The highest BCUT2D eigenvalue weighted by atomic mass is 19.1. The summed E-state index contributed by atoms with van der Waals surface area (Å²) < 4.78 is 13.3. The topological polar surface area (TPSA) is 12.0 Å². The van der Waals surface area contributed by atoms with Crippen LogP contribution in [-0.2, 0) is 12.8 Å². The molecule has 0 spiro atoms. The summed E-state index contributed by atoms with van der Waals surface area (Å²) in [7, 11) is 2.02. The standard InChI is InChI=1S/C18H20FN/c1-20-18-15(11-13-5-4-7-16(19)12-13)10-9-14-6-2-3-8-17(14)18/h2-8,12,15,18,20H,9-11H2,1H3. The fourth-order valence-electron chi connectivity index (χ4n) is 3.40. The van der Waals surface area contributed by atoms with E-state index >= 15 is 0 Å². The Morgan fingerprint density at radius 2 is 2.00 bits per heavy atom. The molecule has 0 fully saturated rings. The third kappa shape index (κ3) is 2.61. The lowest BCUT2D eigenvalue weighted by molar-refractivity contribution is 0.334. The summed E-state index contributed by atoms with van der Waals surface area (Å²) in [6, 6.07) is 16.0. The van der Waals surface area contributed by atoms with E-state index in [9.17, 15) is 4.39 Å². The molecule has 1 aliphatic rings. The normalized spacial score (nSPS) is 21.5. The molecule has 0 aromatic heterocycles. The maximum absolute atomic E-state index is 13.3. The summed E-state index contributed by atoms with van der Waals surface area (Å²) in [6.45, 7) is 0. The minimum absolute atomic E-state index is 0.139. The zero-order chi connectivity index (χ0) is 13.9. The van der Waals surface area contributed by atoms with Crippen LogP contribution in [0.1, 0.15) is 29.2 Å². The maximum Gasteiger partial charge on any atom is 0.123 e. The second kappa shape index (κ2) is 5.76. The van der Waals surface area contributed by atoms with Crippen molar-refractivity contribution >= 4 is 0 Å². The molecule has 0 radical (unpaired) electrons. The lowest BCUT2D eigenvalue weighted by atomic mass is 9.77. The molecule has 0 saturated heterocycles. The van der Waals surface area contributed by atoms with Crippen LogP contribution >= 0.6 is 0 Å². The second-order valence-electron chi connectivity index (χ2n) is 5.60. The van der Waals surface area contributed by atoms with Gasteiger partial charge >= 0.3 is 0 Å². The summed E-state index contributed by atoms with van der Waals surface area (Å²) in [5.74, 6) is 0.386. The average molecular weight is 269 g/mol. The molecular formula is C18H20FN. The molecule has 0 bridgehead atoms. The van der Waals surface area contributed by atoms with Gasteiger partial charge in [0.05, 0.1) is 0 Å². The summed E-state index contributed by atoms with van der Waals surface area (Å²) in [6.07, 6.45) is 3.20. The number of fused-ring (bicyclic) bond motifs is 1. The molecule has 1 N–H and O–H groups in total. The summed E-state index contributed by atoms with van der Waals surface area (Å²) in [4.78, 5) is 0. The molecule has 2 heteroatoms. The highest BCUT2D eigenvalue weighted by Crippen LogP contribution is 2.36. The van der Waals surface area contributed by atoms with Crippen LogP contribution in [-0.4, -0.2) is 7.05 Å². The van der Waals surface area contributed by atoms with Crippen molar-refractivity contribution in [3.63, 3.8) is 0 Å². The molecule has 1 aliphatic carbocycles. The molecule has 104 valence electrons. The molecule has 0 aliphatic heterocycles. The van der Waals surface area contributed by atoms with Crippen molar-refractivity contribution in [1.29, 1.82) is 0 Å². The van der Waals surface area contributed by atoms with E-state index in [4.69, 9.17) is 0 Å². The molecule has 0 saturated carbocycles. The van der Waals surface area contributed by atoms with Gasteiger partial charge in [-0.2, -0.15) is 0 Å². The Morgan fingerprint density at radius 3 is 2.80 bits per heavy atom. The van der Waals surface area contributed by atoms with Crippen LogP contribution in [0.4, 0.5) is 4.39 Å². The predicted octanol–water partition coefficient (Wildman–Crippen LogP) is 3.89. The summed E-state index contributed by atoms with van der Waals surface area (Å²) >= 11 is 0. The highest BCUT2D eigenvalue weighted by Gasteiger charge is 2.28. The van der Waals surface area contributed by atoms with Crippen molar-refractivity contribution in [1.82, 2.24) is 5.32 Å². The quantitative estimate of drug-likeness (QED) is 0.891. The molecule has 1 nitrogen and oxygen atoms in total. The van der Waals surface area contributed by atoms with E-state index in [0.717, 1.165) is 24.8 Å². The Hall–Kier alpha value is -1.67. The highest BCUT2D eigenvalue weighted by molar-refractivity contribution is 5.33. The third-order valence-corrected chi connectivity index (χ3v) is 4.34. The van der Waals surface area contributed by atoms with Gasteiger partial charge in [0.1, 0.15) is 5.82 Å². The van der Waals surface area contributed by atoms with Gasteiger partial charge in [-0.25, -0.2) is 4.39 Å². The van der Waals surface area contributed by atoms with Gasteiger partial charge in [0, 0.05) is 6.04 Å². The summed E-state index contributed by atoms with van der Waals surface area (Å²) in [5.41, 5.74) is 3.94. The van der Waals surface area contributed by atoms with E-state index < -0.39 is 0 Å². The third-order valence-electron chi connectivity index (χ3n) is 4.34. The van der Waals surface area contributed by atoms with Crippen LogP contribution in [0, 0.1) is 11.7 Å². The van der Waals surface area contributed by atoms with Gasteiger partial charge in [0.15, 0.2) is 0 Å². The van der Waals surface area contributed by atoms with Crippen molar-refractivity contribution in [3.05, 3.63) is 71.0 Å². The monoisotopic (exact) mass is 269 g/mol. The fourth-order valence-corrected chi connectivity index (χ4v) is 3.40. The Balaban J connectivity index is 1.84. The van der Waals surface area contributed by atoms with Gasteiger partial charge < -0.3 is 5.32 Å². The fraction of sp³-hybridized carbons (Fsp3) is 0.333. The zero-order valence-corrected chi connectivity index (χ0v) is 11.8. The SMILES string of the molecule is CNC1c2ccccc2CCC1Cc1cccc(F)c1. The first kappa shape index (κ1) is 13.3. The van der Waals surface area contributed by atoms with Gasteiger partial charge in [0.2, 0.25) is 0 Å². The molecule has 3 rings (SSSR count). The Bertz CT molecular complexity index is 593. The van der Waals surface area contributed by atoms with Crippen LogP contribution in [0.25, 0.3) is 0 Å². The smallest absolute Gasteiger partial charge is 0.123 e. The number of nitrogens with one attached hydrogen (secondary N) is 1. The predicted molar refractivity (Wildman–Crippen MR) is 80.2 cm³/mol. The van der Waals surface area contributed by atoms with Gasteiger partial charge in [-0.05, 0) is 61.1 Å². The molecule has 0 amide bonds. The van der Waals surface area contributed by atoms with Crippen molar-refractivity contribution in [2.24, 2.45) is 5.92 Å². The van der Waals surface area contributed by atoms with Gasteiger partial charge in [-0.3, -0.25) is 0 Å². The summed E-state index contributed by atoms with van der Waals surface area (Å²) in [5, 5.41) is 3.45. The van der Waals surface area contributed by atoms with E-state index in [1.165, 1.54) is 17.2 Å². The maximum atomic E-state index is 13.3. The first-order valence-electron chi connectivity index (χ1n) is 7.27. The number of halogens is 1. The van der Waals surface area contributed by atoms with Crippen molar-refractivity contribution < 1.29 is 4.39 Å². The van der Waals surface area contributed by atoms with E-state index in [1.54, 1.807) is 12.1 Å². The molecule has 2 aromatic rings. The van der Waals surface area contributed by atoms with Crippen molar-refractivity contribution in [2.45, 2.75) is 25.3 Å². The average Bonchev–Trinajstić information content (AvgIpc) is 2.47. The molecular weight excluding hydrogens is 249 g/mol. The largest absolute Gasteiger partial charge is 0.313 e. The molecule has 0 heterocycles. The van der Waals surface area contributed by atoms with Gasteiger partial charge in [-0.15, -0.1) is 0 Å². The zero-order valence-electron chi connectivity index (χ0n) is 11.8. The van der Waals surface area contributed by atoms with Crippen LogP contribution in [0.2, 0.25) is 0 Å². The van der Waals surface area contributed by atoms with Crippen LogP contribution in [0.5, 0.6) is 0 Å². The Morgan fingerprint density at radius 1 is 1.15 bits per heavy atom. The Labute approximate surface area is 119 Å². The van der Waals surface area contributed by atoms with E-state index in [0.29, 0.717) is 12.0 Å². The number of aryl methyl sites for hydroxylation is 1. The minimum atomic E-state index is -0.139. The lowest BCUT2D eigenvalue weighted by Crippen LogP contribution is -2.31. The molecule has 2 aromatic carbocycles. The van der Waals surface area contributed by atoms with Crippen molar-refractivity contribution in [2.75, 3.05) is 7.05 Å². The molecule has 2 atom stereocenters. The van der Waals surface area contributed by atoms with Crippen molar-refractivity contribution in [3.8, 4) is 0 Å². The minimum Gasteiger partial charge on any atom is -0.313 e. The van der Waals surface area contributed by atoms with E-state index in [1.807, 2.05) is 13.1 Å². The second-order valence-corrected chi connectivity index (χ2v) is 5.60. The number of hydrogen-bond donors (Lipinski definition) is 1. The van der Waals surface area contributed by atoms with E-state index in [-0.39, 0.29) is 5.82 Å². The molecule has 20 heavy (non-hydrogen) atoms. The Kier molecular flexibility index (Phi) is 3.83. The number of rotatable bonds is 3. The van der Waals surface area contributed by atoms with Gasteiger partial charge in [-0.1, -0.05) is 36.4 Å². The van der Waals surface area contributed by atoms with Crippen LogP contribution in [0.3, 0.4) is 0 Å². The van der Waals surface area contributed by atoms with Gasteiger partial charge in [0.25, 0.3) is 0 Å². The number of hydrogen-bond acceptors (Lipinski definition) is 1. The van der Waals surface area contributed by atoms with E-state index in [2.05, 4.69) is 29.6 Å². The first-order chi connectivity index (χ1) is 9.78. The lowest BCUT2D eigenvalue weighted by Gasteiger charge is -2.33. The van der Waals surface area contributed by atoms with Crippen LogP contribution < -0.4 is 5.32 Å². The first-order valence-corrected chi connectivity index (χ1v) is 7.27. The van der Waals surface area contributed by atoms with Crippen LogP contribution in [0.15, 0.2) is 48.5 Å². The number of benzene rings is 2.